The molecule has 0 bridgehead atoms. The number of para-hydroxylation sites is 1. The maximum atomic E-state index is 12.3. The van der Waals surface area contributed by atoms with Gasteiger partial charge < -0.3 is 9.84 Å². The van der Waals surface area contributed by atoms with Crippen molar-refractivity contribution < 1.29 is 9.32 Å². The van der Waals surface area contributed by atoms with Gasteiger partial charge in [-0.05, 0) is 23.6 Å². The number of aromatic nitrogens is 3. The Kier molecular flexibility index (Phi) is 3.68. The molecule has 0 aliphatic heterocycles. The van der Waals surface area contributed by atoms with Crippen LogP contribution in [0.2, 0.25) is 0 Å². The Hall–Kier alpha value is -3.19. The lowest BCUT2D eigenvalue weighted by Gasteiger charge is -2.01. The molecule has 7 heteroatoms. The number of hydrogen-bond donors (Lipinski definition) is 1. The quantitative estimate of drug-likeness (QED) is 0.614. The van der Waals surface area contributed by atoms with Gasteiger partial charge in [0.25, 0.3) is 5.91 Å². The molecule has 1 N–H and O–H groups in total. The number of nitrogens with zero attached hydrogens (tertiary/aromatic N) is 3. The van der Waals surface area contributed by atoms with Crippen LogP contribution in [0, 0.1) is 0 Å². The Balaban J connectivity index is 1.74. The van der Waals surface area contributed by atoms with Crippen LogP contribution in [0.3, 0.4) is 0 Å². The minimum atomic E-state index is -0.339. The summed E-state index contributed by atoms with van der Waals surface area (Å²) in [6.07, 6.45) is 3.16. The normalized spacial score (nSPS) is 10.7. The molecule has 0 spiro atoms. The van der Waals surface area contributed by atoms with Crippen molar-refractivity contribution in [2.45, 2.75) is 0 Å². The fourth-order valence-corrected chi connectivity index (χ4v) is 3.01. The van der Waals surface area contributed by atoms with E-state index in [-0.39, 0.29) is 11.6 Å². The maximum Gasteiger partial charge on any atom is 0.277 e. The van der Waals surface area contributed by atoms with Gasteiger partial charge in [0, 0.05) is 6.07 Å². The summed E-state index contributed by atoms with van der Waals surface area (Å²) >= 11 is 1.56. The van der Waals surface area contributed by atoms with Crippen molar-refractivity contribution in [1.29, 1.82) is 0 Å². The first-order valence-electron chi connectivity index (χ1n) is 7.22. The number of benzene rings is 1. The van der Waals surface area contributed by atoms with Crippen LogP contribution in [0.25, 0.3) is 16.3 Å². The van der Waals surface area contributed by atoms with Gasteiger partial charge in [0.05, 0.1) is 22.4 Å². The van der Waals surface area contributed by atoms with E-state index in [2.05, 4.69) is 15.6 Å². The molecular weight excluding hydrogens is 324 g/mol. The number of rotatable bonds is 4. The Labute approximate surface area is 141 Å². The molecule has 118 valence electrons. The predicted molar refractivity (Wildman–Crippen MR) is 91.3 cm³/mol. The van der Waals surface area contributed by atoms with Gasteiger partial charge in [-0.2, -0.15) is 5.10 Å². The molecule has 0 fully saturated rings. The molecule has 4 rings (SSSR count). The number of hydrogen-bond acceptors (Lipinski definition) is 5. The predicted octanol–water partition coefficient (Wildman–Crippen LogP) is 3.84. The van der Waals surface area contributed by atoms with E-state index in [1.165, 1.54) is 12.3 Å². The topological polar surface area (TPSA) is 73.0 Å². The van der Waals surface area contributed by atoms with Crippen LogP contribution in [0.15, 0.2) is 70.9 Å². The molecule has 24 heavy (non-hydrogen) atoms. The molecule has 1 aromatic carbocycles. The molecule has 3 heterocycles. The first-order valence-corrected chi connectivity index (χ1v) is 8.10. The molecule has 4 aromatic rings. The number of thiophene rings is 1. The molecule has 0 saturated heterocycles. The number of anilines is 1. The zero-order chi connectivity index (χ0) is 16.4. The number of nitrogens with one attached hydrogen (secondary N) is 1. The van der Waals surface area contributed by atoms with Crippen molar-refractivity contribution in [3.8, 4) is 16.3 Å². The van der Waals surface area contributed by atoms with Crippen molar-refractivity contribution in [3.63, 3.8) is 0 Å². The maximum absolute atomic E-state index is 12.3. The fourth-order valence-electron chi connectivity index (χ4n) is 2.29. The molecule has 0 saturated carbocycles. The molecule has 0 atom stereocenters. The van der Waals surface area contributed by atoms with Crippen LogP contribution in [0.1, 0.15) is 10.5 Å². The SMILES string of the molecule is O=C(Nc1cn(-c2ccccc2)nc1-c1cccs1)c1ccon1. The molecule has 3 aromatic heterocycles. The van der Waals surface area contributed by atoms with E-state index in [1.54, 1.807) is 22.2 Å². The van der Waals surface area contributed by atoms with Crippen LogP contribution in [0.5, 0.6) is 0 Å². The standard InChI is InChI=1S/C17H12N4O2S/c22-17(13-8-9-23-20-13)18-14-11-21(12-5-2-1-3-6-12)19-16(14)15-7-4-10-24-15/h1-11H,(H,18,22). The van der Waals surface area contributed by atoms with Crippen LogP contribution >= 0.6 is 11.3 Å². The molecule has 1 amide bonds. The molecule has 0 radical (unpaired) electrons. The van der Waals surface area contributed by atoms with Crippen molar-refractivity contribution in [2.75, 3.05) is 5.32 Å². The Morgan fingerprint density at radius 1 is 1.12 bits per heavy atom. The van der Waals surface area contributed by atoms with E-state index in [9.17, 15) is 4.79 Å². The second-order valence-corrected chi connectivity index (χ2v) is 5.94. The first kappa shape index (κ1) is 14.4. The highest BCUT2D eigenvalue weighted by molar-refractivity contribution is 7.13. The lowest BCUT2D eigenvalue weighted by molar-refractivity contribution is 0.101. The van der Waals surface area contributed by atoms with E-state index in [1.807, 2.05) is 47.8 Å². The van der Waals surface area contributed by atoms with Crippen LogP contribution in [-0.4, -0.2) is 20.8 Å². The van der Waals surface area contributed by atoms with Gasteiger partial charge >= 0.3 is 0 Å². The fraction of sp³-hybridized carbons (Fsp3) is 0. The Morgan fingerprint density at radius 2 is 2.00 bits per heavy atom. The third kappa shape index (κ3) is 2.72. The minimum absolute atomic E-state index is 0.222. The molecule has 0 aliphatic rings. The third-order valence-corrected chi connectivity index (χ3v) is 4.28. The number of carbonyl (C=O) groups excluding carboxylic acids is 1. The highest BCUT2D eigenvalue weighted by Gasteiger charge is 2.17. The van der Waals surface area contributed by atoms with E-state index in [4.69, 9.17) is 4.52 Å². The first-order chi connectivity index (χ1) is 11.8. The highest BCUT2D eigenvalue weighted by atomic mass is 32.1. The average Bonchev–Trinajstić information content (AvgIpc) is 3.36. The number of carbonyl (C=O) groups is 1. The van der Waals surface area contributed by atoms with E-state index < -0.39 is 0 Å². The van der Waals surface area contributed by atoms with Crippen molar-refractivity contribution >= 4 is 22.9 Å². The van der Waals surface area contributed by atoms with Gasteiger partial charge in [-0.3, -0.25) is 4.79 Å². The van der Waals surface area contributed by atoms with Gasteiger partial charge in [0.1, 0.15) is 12.0 Å². The lowest BCUT2D eigenvalue weighted by atomic mass is 10.3. The summed E-state index contributed by atoms with van der Waals surface area (Å²) in [5, 5.41) is 13.1. The van der Waals surface area contributed by atoms with E-state index >= 15 is 0 Å². The Bertz CT molecular complexity index is 944. The smallest absolute Gasteiger partial charge is 0.277 e. The van der Waals surface area contributed by atoms with Crippen LogP contribution in [-0.2, 0) is 0 Å². The zero-order valence-electron chi connectivity index (χ0n) is 12.4. The summed E-state index contributed by atoms with van der Waals surface area (Å²) in [5.41, 5.74) is 2.47. The van der Waals surface area contributed by atoms with Gasteiger partial charge in [-0.1, -0.05) is 29.4 Å². The summed E-state index contributed by atoms with van der Waals surface area (Å²) in [5.74, 6) is -0.339. The van der Waals surface area contributed by atoms with Crippen molar-refractivity contribution in [2.24, 2.45) is 0 Å². The summed E-state index contributed by atoms with van der Waals surface area (Å²) < 4.78 is 6.46. The average molecular weight is 336 g/mol. The van der Waals surface area contributed by atoms with Gasteiger partial charge in [0.15, 0.2) is 5.69 Å². The monoisotopic (exact) mass is 336 g/mol. The van der Waals surface area contributed by atoms with Crippen molar-refractivity contribution in [3.05, 3.63) is 72.1 Å². The second kappa shape index (κ2) is 6.13. The molecule has 0 unspecified atom stereocenters. The summed E-state index contributed by atoms with van der Waals surface area (Å²) in [4.78, 5) is 13.2. The summed E-state index contributed by atoms with van der Waals surface area (Å²) in [6.45, 7) is 0. The summed E-state index contributed by atoms with van der Waals surface area (Å²) in [6, 6.07) is 15.2. The van der Waals surface area contributed by atoms with Gasteiger partial charge in [-0.15, -0.1) is 11.3 Å². The Morgan fingerprint density at radius 3 is 2.71 bits per heavy atom. The van der Waals surface area contributed by atoms with Crippen LogP contribution in [0.4, 0.5) is 5.69 Å². The highest BCUT2D eigenvalue weighted by Crippen LogP contribution is 2.31. The van der Waals surface area contributed by atoms with Crippen molar-refractivity contribution in [1.82, 2.24) is 14.9 Å². The minimum Gasteiger partial charge on any atom is -0.364 e. The zero-order valence-corrected chi connectivity index (χ0v) is 13.2. The van der Waals surface area contributed by atoms with Gasteiger partial charge in [0.2, 0.25) is 0 Å². The number of amides is 1. The second-order valence-electron chi connectivity index (χ2n) is 4.99. The van der Waals surface area contributed by atoms with Gasteiger partial charge in [-0.25, -0.2) is 4.68 Å². The van der Waals surface area contributed by atoms with E-state index in [0.29, 0.717) is 11.4 Å². The lowest BCUT2D eigenvalue weighted by Crippen LogP contribution is -2.12. The van der Waals surface area contributed by atoms with E-state index in [0.717, 1.165) is 10.6 Å². The molecule has 0 aliphatic carbocycles. The summed E-state index contributed by atoms with van der Waals surface area (Å²) in [7, 11) is 0. The van der Waals surface area contributed by atoms with Crippen LogP contribution < -0.4 is 5.32 Å². The molecular formula is C17H12N4O2S. The largest absolute Gasteiger partial charge is 0.364 e. The third-order valence-electron chi connectivity index (χ3n) is 3.41. The molecule has 6 nitrogen and oxygen atoms in total.